The van der Waals surface area contributed by atoms with E-state index in [4.69, 9.17) is 4.74 Å². The molecule has 0 aromatic carbocycles. The first-order chi connectivity index (χ1) is 8.26. The van der Waals surface area contributed by atoms with Crippen LogP contribution in [0.15, 0.2) is 0 Å². The Labute approximate surface area is 121 Å². The maximum absolute atomic E-state index is 5.53. The minimum Gasteiger partial charge on any atom is -0.373 e. The summed E-state index contributed by atoms with van der Waals surface area (Å²) in [7, 11) is -0.664. The van der Waals surface area contributed by atoms with Crippen molar-refractivity contribution in [2.24, 2.45) is 0 Å². The highest BCUT2D eigenvalue weighted by Crippen LogP contribution is 2.62. The maximum Gasteiger partial charge on any atom is 0.0846 e. The number of rotatable bonds is 11. The van der Waals surface area contributed by atoms with Crippen LogP contribution >= 0.6 is 19.7 Å². The summed E-state index contributed by atoms with van der Waals surface area (Å²) in [4.78, 5) is 0. The Balaban J connectivity index is 0.00000289. The zero-order chi connectivity index (χ0) is 12.6. The van der Waals surface area contributed by atoms with Crippen LogP contribution < -0.4 is 0 Å². The van der Waals surface area contributed by atoms with Gasteiger partial charge in [-0.05, 0) is 43.9 Å². The van der Waals surface area contributed by atoms with Crippen LogP contribution in [0.25, 0.3) is 0 Å². The van der Waals surface area contributed by atoms with E-state index in [9.17, 15) is 0 Å². The standard InChI is InChI=1S/C15H32OP.ClH/c1-4-7-10-17(11-8-5-2,12-9-6-3)14-15-13-16-15;/h15H,4-14H2,1-3H3;1H. The number of unbranched alkanes of at least 4 members (excludes halogenated alkanes) is 3. The smallest absolute Gasteiger partial charge is 0.0846 e. The van der Waals surface area contributed by atoms with Crippen LogP contribution in [0.2, 0.25) is 0 Å². The van der Waals surface area contributed by atoms with E-state index in [1.54, 1.807) is 18.5 Å². The van der Waals surface area contributed by atoms with Crippen LogP contribution in [-0.4, -0.2) is 37.4 Å². The van der Waals surface area contributed by atoms with Gasteiger partial charge in [0.15, 0.2) is 0 Å². The topological polar surface area (TPSA) is 12.5 Å². The zero-order valence-electron chi connectivity index (χ0n) is 12.6. The fraction of sp³-hybridized carbons (Fsp3) is 1.00. The lowest BCUT2D eigenvalue weighted by Crippen LogP contribution is -2.15. The zero-order valence-corrected chi connectivity index (χ0v) is 14.3. The molecule has 1 atom stereocenters. The normalized spacial score (nSPS) is 18.5. The Bertz CT molecular complexity index is 173. The van der Waals surface area contributed by atoms with Crippen molar-refractivity contribution in [3.05, 3.63) is 0 Å². The van der Waals surface area contributed by atoms with Crippen LogP contribution in [0.5, 0.6) is 0 Å². The molecule has 0 N–H and O–H groups in total. The van der Waals surface area contributed by atoms with E-state index in [1.165, 1.54) is 44.7 Å². The predicted octanol–water partition coefficient (Wildman–Crippen LogP) is 5.22. The van der Waals surface area contributed by atoms with E-state index < -0.39 is 7.26 Å². The monoisotopic (exact) mass is 295 g/mol. The van der Waals surface area contributed by atoms with Gasteiger partial charge in [0.05, 0.1) is 12.7 Å². The molecule has 3 heteroatoms. The van der Waals surface area contributed by atoms with Crippen LogP contribution in [0, 0.1) is 0 Å². The molecule has 1 fully saturated rings. The Morgan fingerprint density at radius 2 is 1.28 bits per heavy atom. The summed E-state index contributed by atoms with van der Waals surface area (Å²) < 4.78 is 5.53. The van der Waals surface area contributed by atoms with Gasteiger partial charge >= 0.3 is 0 Å². The number of epoxide rings is 1. The summed E-state index contributed by atoms with van der Waals surface area (Å²) in [6.45, 7) is 8.07. The van der Waals surface area contributed by atoms with Gasteiger partial charge in [-0.3, -0.25) is 0 Å². The van der Waals surface area contributed by atoms with Gasteiger partial charge in [-0.15, -0.1) is 19.7 Å². The summed E-state index contributed by atoms with van der Waals surface area (Å²) in [5.41, 5.74) is 0. The van der Waals surface area contributed by atoms with Gasteiger partial charge in [0.1, 0.15) is 0 Å². The lowest BCUT2D eigenvalue weighted by molar-refractivity contribution is 0.424. The van der Waals surface area contributed by atoms with Crippen molar-refractivity contribution < 1.29 is 4.74 Å². The molecule has 0 aromatic heterocycles. The molecule has 111 valence electrons. The fourth-order valence-electron chi connectivity index (χ4n) is 2.70. The van der Waals surface area contributed by atoms with Gasteiger partial charge in [-0.2, -0.15) is 0 Å². The van der Waals surface area contributed by atoms with Crippen molar-refractivity contribution in [2.75, 3.05) is 31.3 Å². The summed E-state index contributed by atoms with van der Waals surface area (Å²) in [5, 5.41) is 0. The second kappa shape index (κ2) is 10.5. The Hall–Kier alpha value is 0.680. The average Bonchev–Trinajstić information content (AvgIpc) is 3.15. The highest BCUT2D eigenvalue weighted by molar-refractivity contribution is 7.75. The van der Waals surface area contributed by atoms with Gasteiger partial charge < -0.3 is 4.74 Å². The van der Waals surface area contributed by atoms with E-state index in [0.29, 0.717) is 6.10 Å². The second-order valence-electron chi connectivity index (χ2n) is 5.71. The molecule has 0 aliphatic carbocycles. The van der Waals surface area contributed by atoms with Crippen molar-refractivity contribution in [1.82, 2.24) is 0 Å². The molecule has 1 rings (SSSR count). The second-order valence-corrected chi connectivity index (χ2v) is 10.1. The first-order valence-corrected chi connectivity index (χ1v) is 10.3. The van der Waals surface area contributed by atoms with Crippen molar-refractivity contribution in [2.45, 2.75) is 65.4 Å². The summed E-state index contributed by atoms with van der Waals surface area (Å²) in [5.74, 6) is 0. The SMILES string of the molecule is CCCC[P](CCCC)(CCCC)CC1CO1.Cl. The number of hydrogen-bond donors (Lipinski definition) is 0. The fourth-order valence-corrected chi connectivity index (χ4v) is 7.95. The molecule has 18 heavy (non-hydrogen) atoms. The molecule has 1 heterocycles. The average molecular weight is 296 g/mol. The van der Waals surface area contributed by atoms with Gasteiger partial charge in [-0.25, -0.2) is 0 Å². The minimum absolute atomic E-state index is 0. The number of ether oxygens (including phenoxy) is 1. The molecule has 1 saturated heterocycles. The molecule has 0 spiro atoms. The molecule has 1 aliphatic heterocycles. The molecule has 1 unspecified atom stereocenters. The lowest BCUT2D eigenvalue weighted by atomic mass is 10.4. The van der Waals surface area contributed by atoms with E-state index in [1.807, 2.05) is 0 Å². The molecule has 0 saturated carbocycles. The van der Waals surface area contributed by atoms with Gasteiger partial charge in [0.25, 0.3) is 0 Å². The third kappa shape index (κ3) is 7.31. The van der Waals surface area contributed by atoms with Crippen LogP contribution in [0.1, 0.15) is 59.3 Å². The summed E-state index contributed by atoms with van der Waals surface area (Å²) >= 11 is 0. The highest BCUT2D eigenvalue weighted by Gasteiger charge is 2.34. The largest absolute Gasteiger partial charge is 0.373 e. The summed E-state index contributed by atoms with van der Waals surface area (Å²) in [6, 6.07) is 0. The Morgan fingerprint density at radius 3 is 1.56 bits per heavy atom. The molecule has 1 radical (unpaired) electrons. The molecule has 1 aliphatic rings. The highest BCUT2D eigenvalue weighted by atomic mass is 35.5. The van der Waals surface area contributed by atoms with E-state index in [2.05, 4.69) is 20.8 Å². The van der Waals surface area contributed by atoms with E-state index >= 15 is 0 Å². The molecule has 0 aromatic rings. The quantitative estimate of drug-likeness (QED) is 0.376. The molecular formula is C15H33ClOP. The van der Waals surface area contributed by atoms with Crippen LogP contribution in [-0.2, 0) is 4.74 Å². The van der Waals surface area contributed by atoms with Crippen molar-refractivity contribution >= 4 is 19.7 Å². The molecule has 0 bridgehead atoms. The summed E-state index contributed by atoms with van der Waals surface area (Å²) in [6.07, 6.45) is 15.2. The van der Waals surface area contributed by atoms with Crippen molar-refractivity contribution in [3.63, 3.8) is 0 Å². The van der Waals surface area contributed by atoms with Crippen molar-refractivity contribution in [1.29, 1.82) is 0 Å². The van der Waals surface area contributed by atoms with Crippen LogP contribution in [0.4, 0.5) is 0 Å². The molecule has 1 nitrogen and oxygen atoms in total. The van der Waals surface area contributed by atoms with Crippen molar-refractivity contribution in [3.8, 4) is 0 Å². The van der Waals surface area contributed by atoms with Crippen LogP contribution in [0.3, 0.4) is 0 Å². The number of halogens is 1. The first kappa shape index (κ1) is 18.7. The van der Waals surface area contributed by atoms with Gasteiger partial charge in [0.2, 0.25) is 0 Å². The lowest BCUT2D eigenvalue weighted by Gasteiger charge is -2.37. The molecule has 0 amide bonds. The molecular weight excluding hydrogens is 263 g/mol. The van der Waals surface area contributed by atoms with Gasteiger partial charge in [0, 0.05) is 0 Å². The Morgan fingerprint density at radius 1 is 0.889 bits per heavy atom. The number of hydrogen-bond acceptors (Lipinski definition) is 1. The maximum atomic E-state index is 5.53. The first-order valence-electron chi connectivity index (χ1n) is 7.73. The van der Waals surface area contributed by atoms with Gasteiger partial charge in [-0.1, -0.05) is 40.0 Å². The Kier molecular flexibility index (Phi) is 10.9. The predicted molar refractivity (Wildman–Crippen MR) is 88.1 cm³/mol. The minimum atomic E-state index is -0.664. The third-order valence-corrected chi connectivity index (χ3v) is 8.93. The van der Waals surface area contributed by atoms with E-state index in [-0.39, 0.29) is 12.4 Å². The van der Waals surface area contributed by atoms with E-state index in [0.717, 1.165) is 6.61 Å². The third-order valence-electron chi connectivity index (χ3n) is 3.95.